The molecule has 0 unspecified atom stereocenters. The number of amides is 1. The normalized spacial score (nSPS) is 16.7. The van der Waals surface area contributed by atoms with Gasteiger partial charge in [0.15, 0.2) is 0 Å². The van der Waals surface area contributed by atoms with Gasteiger partial charge in [-0.3, -0.25) is 4.79 Å². The van der Waals surface area contributed by atoms with E-state index >= 15 is 0 Å². The Morgan fingerprint density at radius 2 is 1.59 bits per heavy atom. The molecule has 2 saturated heterocycles. The van der Waals surface area contributed by atoms with Crippen molar-refractivity contribution in [3.05, 3.63) is 53.2 Å². The van der Waals surface area contributed by atoms with Gasteiger partial charge in [0.1, 0.15) is 0 Å². The van der Waals surface area contributed by atoms with Gasteiger partial charge in [0.05, 0.1) is 4.90 Å². The van der Waals surface area contributed by atoms with Crippen LogP contribution in [0, 0.1) is 20.8 Å². The number of hydrogen-bond acceptors (Lipinski definition) is 5. The topological polar surface area (TPSA) is 86.7 Å². The van der Waals surface area contributed by atoms with E-state index in [-0.39, 0.29) is 0 Å². The van der Waals surface area contributed by atoms with Crippen molar-refractivity contribution in [2.75, 3.05) is 49.5 Å². The van der Waals surface area contributed by atoms with Gasteiger partial charge in [-0.1, -0.05) is 12.5 Å². The molecule has 1 amide bonds. The van der Waals surface area contributed by atoms with Crippen molar-refractivity contribution in [2.24, 2.45) is 0 Å². The van der Waals surface area contributed by atoms with Crippen LogP contribution in [0.4, 0.5) is 11.4 Å². The van der Waals surface area contributed by atoms with Crippen molar-refractivity contribution < 1.29 is 13.2 Å². The molecule has 0 bridgehead atoms. The molecular weight excluding hydrogens is 510 g/mol. The monoisotopic (exact) mass is 553 g/mol. The number of aryl methyl sites for hydroxylation is 3. The van der Waals surface area contributed by atoms with Crippen molar-refractivity contribution in [2.45, 2.75) is 64.8 Å². The van der Waals surface area contributed by atoms with Crippen LogP contribution in [0.2, 0.25) is 0 Å². The van der Waals surface area contributed by atoms with Crippen LogP contribution in [-0.2, 0) is 14.8 Å². The molecule has 5 rings (SSSR count). The number of hydrogen-bond donors (Lipinski definition) is 2. The minimum Gasteiger partial charge on any atom is -0.369 e. The summed E-state index contributed by atoms with van der Waals surface area (Å²) in [6.07, 6.45) is 5.89. The third-order valence-corrected chi connectivity index (χ3v) is 9.62. The average Bonchev–Trinajstić information content (AvgIpc) is 3.28. The number of piperidine rings is 1. The number of carbonyl (C=O) groups excluding carboxylic acids is 1. The smallest absolute Gasteiger partial charge is 0.243 e. The molecule has 8 nitrogen and oxygen atoms in total. The van der Waals surface area contributed by atoms with Crippen LogP contribution in [0.3, 0.4) is 0 Å². The molecule has 0 spiro atoms. The predicted molar refractivity (Wildman–Crippen MR) is 160 cm³/mol. The molecule has 2 fully saturated rings. The third-order valence-electron chi connectivity index (χ3n) is 7.73. The van der Waals surface area contributed by atoms with Crippen molar-refractivity contribution >= 4 is 38.7 Å². The van der Waals surface area contributed by atoms with E-state index in [2.05, 4.69) is 59.2 Å². The number of fused-ring (bicyclic) bond motifs is 1. The molecule has 2 aromatic carbocycles. The van der Waals surface area contributed by atoms with Crippen molar-refractivity contribution in [3.8, 4) is 0 Å². The van der Waals surface area contributed by atoms with E-state index in [1.165, 1.54) is 11.3 Å². The molecule has 3 aromatic rings. The summed E-state index contributed by atoms with van der Waals surface area (Å²) in [5.41, 5.74) is 6.72. The van der Waals surface area contributed by atoms with E-state index in [0.717, 1.165) is 79.6 Å². The van der Waals surface area contributed by atoms with Gasteiger partial charge in [-0.25, -0.2) is 8.42 Å². The molecule has 0 radical (unpaired) electrons. The molecule has 9 heteroatoms. The summed E-state index contributed by atoms with van der Waals surface area (Å²) in [6, 6.07) is 10.1. The van der Waals surface area contributed by atoms with E-state index in [0.29, 0.717) is 24.0 Å². The lowest BCUT2D eigenvalue weighted by Crippen LogP contribution is -2.43. The Morgan fingerprint density at radius 3 is 2.23 bits per heavy atom. The first-order valence-electron chi connectivity index (χ1n) is 14.0. The van der Waals surface area contributed by atoms with Gasteiger partial charge in [-0.2, -0.15) is 4.31 Å². The standard InChI is InChI=1S/C17H24N2O2S.C13H19N3O/c1-13(2)19-12-14(3)16-11-15(7-8-17(16)19)22(20,21)18-9-5-4-6-10-18;1-10-7-11(2)13(8-12(10)15-9-17)16-5-3-14-4-6-16/h7-8,11-13H,4-6,9-10H2,1-3H3;7-9,14H,3-6H2,1-2H3,(H,15,17). The Labute approximate surface area is 233 Å². The highest BCUT2D eigenvalue weighted by Gasteiger charge is 2.26. The molecule has 1 aromatic heterocycles. The maximum absolute atomic E-state index is 12.8. The molecule has 212 valence electrons. The first-order valence-corrected chi connectivity index (χ1v) is 15.5. The number of rotatable bonds is 6. The number of benzene rings is 2. The average molecular weight is 554 g/mol. The first-order chi connectivity index (χ1) is 18.6. The van der Waals surface area contributed by atoms with Crippen LogP contribution in [0.5, 0.6) is 0 Å². The quantitative estimate of drug-likeness (QED) is 0.420. The van der Waals surface area contributed by atoms with Crippen LogP contribution in [0.15, 0.2) is 41.4 Å². The summed E-state index contributed by atoms with van der Waals surface area (Å²) in [5, 5.41) is 7.14. The summed E-state index contributed by atoms with van der Waals surface area (Å²) in [4.78, 5) is 13.3. The largest absolute Gasteiger partial charge is 0.369 e. The fraction of sp³-hybridized carbons (Fsp3) is 0.500. The highest BCUT2D eigenvalue weighted by atomic mass is 32.2. The number of sulfonamides is 1. The summed E-state index contributed by atoms with van der Waals surface area (Å²) < 4.78 is 29.4. The van der Waals surface area contributed by atoms with Crippen molar-refractivity contribution in [3.63, 3.8) is 0 Å². The Hall–Kier alpha value is -2.88. The van der Waals surface area contributed by atoms with E-state index < -0.39 is 10.0 Å². The minimum atomic E-state index is -3.36. The fourth-order valence-corrected chi connectivity index (χ4v) is 7.10. The Morgan fingerprint density at radius 1 is 0.897 bits per heavy atom. The highest BCUT2D eigenvalue weighted by molar-refractivity contribution is 7.89. The molecule has 2 N–H and O–H groups in total. The van der Waals surface area contributed by atoms with Crippen LogP contribution < -0.4 is 15.5 Å². The van der Waals surface area contributed by atoms with Gasteiger partial charge in [0.25, 0.3) is 0 Å². The number of aromatic nitrogens is 1. The number of anilines is 2. The minimum absolute atomic E-state index is 0.362. The number of piperazine rings is 1. The molecular formula is C30H43N5O3S. The van der Waals surface area contributed by atoms with Gasteiger partial charge in [-0.05, 0) is 88.4 Å². The van der Waals surface area contributed by atoms with E-state index in [9.17, 15) is 13.2 Å². The Balaban J connectivity index is 0.000000187. The summed E-state index contributed by atoms with van der Waals surface area (Å²) in [7, 11) is -3.36. The molecule has 2 aliphatic rings. The fourth-order valence-electron chi connectivity index (χ4n) is 5.55. The van der Waals surface area contributed by atoms with Gasteiger partial charge in [0.2, 0.25) is 16.4 Å². The van der Waals surface area contributed by atoms with Gasteiger partial charge in [-0.15, -0.1) is 0 Å². The third kappa shape index (κ3) is 6.48. The molecule has 3 heterocycles. The lowest BCUT2D eigenvalue weighted by Gasteiger charge is -2.31. The first kappa shape index (κ1) is 29.1. The maximum atomic E-state index is 12.8. The van der Waals surface area contributed by atoms with Gasteiger partial charge < -0.3 is 20.1 Å². The second kappa shape index (κ2) is 12.5. The number of nitrogens with zero attached hydrogens (tertiary/aromatic N) is 3. The molecule has 39 heavy (non-hydrogen) atoms. The molecule has 0 saturated carbocycles. The Kier molecular flexibility index (Phi) is 9.35. The van der Waals surface area contributed by atoms with Gasteiger partial charge >= 0.3 is 0 Å². The van der Waals surface area contributed by atoms with Crippen LogP contribution in [0.1, 0.15) is 55.8 Å². The van der Waals surface area contributed by atoms with E-state index in [1.54, 1.807) is 10.4 Å². The van der Waals surface area contributed by atoms with Crippen molar-refractivity contribution in [1.29, 1.82) is 0 Å². The maximum Gasteiger partial charge on any atom is 0.243 e. The van der Waals surface area contributed by atoms with Crippen LogP contribution in [-0.4, -0.2) is 63.0 Å². The molecule has 2 aliphatic heterocycles. The second-order valence-electron chi connectivity index (χ2n) is 10.9. The second-order valence-corrected chi connectivity index (χ2v) is 12.8. The summed E-state index contributed by atoms with van der Waals surface area (Å²) >= 11 is 0. The summed E-state index contributed by atoms with van der Waals surface area (Å²) in [6.45, 7) is 15.8. The number of carbonyl (C=O) groups is 1. The summed E-state index contributed by atoms with van der Waals surface area (Å²) in [5.74, 6) is 0. The van der Waals surface area contributed by atoms with Gasteiger partial charge in [0, 0.05) is 73.8 Å². The zero-order valence-electron chi connectivity index (χ0n) is 24.0. The number of nitrogens with one attached hydrogen (secondary N) is 2. The van der Waals surface area contributed by atoms with Crippen molar-refractivity contribution in [1.82, 2.24) is 14.2 Å². The van der Waals surface area contributed by atoms with Crippen LogP contribution >= 0.6 is 0 Å². The van der Waals surface area contributed by atoms with Crippen LogP contribution in [0.25, 0.3) is 10.9 Å². The van der Waals surface area contributed by atoms with E-state index in [4.69, 9.17) is 0 Å². The zero-order chi connectivity index (χ0) is 28.2. The lowest BCUT2D eigenvalue weighted by atomic mass is 10.1. The molecule has 0 aliphatic carbocycles. The SMILES string of the molecule is Cc1cc(C)c(N2CCNCC2)cc1NC=O.Cc1cn(C(C)C)c2ccc(S(=O)(=O)N3CCCCC3)cc12. The highest BCUT2D eigenvalue weighted by Crippen LogP contribution is 2.29. The zero-order valence-corrected chi connectivity index (χ0v) is 24.8. The lowest BCUT2D eigenvalue weighted by molar-refractivity contribution is -0.105. The van der Waals surface area contributed by atoms with E-state index in [1.807, 2.05) is 26.0 Å². The molecule has 0 atom stereocenters. The Bertz CT molecular complexity index is 1400. The predicted octanol–water partition coefficient (Wildman–Crippen LogP) is 4.99.